The molecule has 0 fully saturated rings. The van der Waals surface area contributed by atoms with Crippen LogP contribution in [-0.4, -0.2) is 41.2 Å². The normalized spacial score (nSPS) is 10.7. The number of aromatic nitrogens is 2. The Morgan fingerprint density at radius 2 is 1.79 bits per heavy atom. The van der Waals surface area contributed by atoms with Gasteiger partial charge in [-0.2, -0.15) is 0 Å². The molecule has 0 aliphatic heterocycles. The summed E-state index contributed by atoms with van der Waals surface area (Å²) in [6.45, 7) is 3.29. The van der Waals surface area contributed by atoms with Gasteiger partial charge < -0.3 is 14.1 Å². The predicted octanol–water partition coefficient (Wildman–Crippen LogP) is 4.30. The largest absolute Gasteiger partial charge is 0.493 e. The molecule has 3 rings (SSSR count). The Kier molecular flexibility index (Phi) is 7.39. The van der Waals surface area contributed by atoms with Crippen molar-refractivity contribution in [2.24, 2.45) is 0 Å². The van der Waals surface area contributed by atoms with Gasteiger partial charge >= 0.3 is 0 Å². The van der Waals surface area contributed by atoms with Gasteiger partial charge in [-0.3, -0.25) is 4.79 Å². The third kappa shape index (κ3) is 6.17. The van der Waals surface area contributed by atoms with E-state index in [0.29, 0.717) is 44.2 Å². The van der Waals surface area contributed by atoms with Crippen LogP contribution in [0.2, 0.25) is 0 Å². The molecule has 1 amide bonds. The molecule has 6 nitrogen and oxygen atoms in total. The number of aryl methyl sites for hydroxylation is 2. The van der Waals surface area contributed by atoms with Gasteiger partial charge in [0, 0.05) is 32.0 Å². The first-order valence-corrected chi connectivity index (χ1v) is 9.93. The number of carbonyl (C=O) groups is 1. The lowest BCUT2D eigenvalue weighted by Gasteiger charge is -2.17. The molecule has 152 valence electrons. The van der Waals surface area contributed by atoms with Gasteiger partial charge in [0.05, 0.1) is 6.61 Å². The Labute approximate surface area is 171 Å². The number of nitrogens with zero attached hydrogens (tertiary/aromatic N) is 3. The summed E-state index contributed by atoms with van der Waals surface area (Å²) in [6, 6.07) is 17.6. The third-order valence-electron chi connectivity index (χ3n) is 4.68. The van der Waals surface area contributed by atoms with E-state index < -0.39 is 0 Å². The van der Waals surface area contributed by atoms with E-state index in [1.165, 1.54) is 0 Å². The highest BCUT2D eigenvalue weighted by Gasteiger charge is 2.11. The number of benzene rings is 2. The Morgan fingerprint density at radius 1 is 1.03 bits per heavy atom. The van der Waals surface area contributed by atoms with Crippen LogP contribution in [0.25, 0.3) is 11.5 Å². The van der Waals surface area contributed by atoms with Crippen LogP contribution in [0, 0.1) is 6.92 Å². The topological polar surface area (TPSA) is 68.5 Å². The second-order valence-corrected chi connectivity index (χ2v) is 7.00. The van der Waals surface area contributed by atoms with Gasteiger partial charge in [0.1, 0.15) is 5.75 Å². The van der Waals surface area contributed by atoms with Crippen molar-refractivity contribution in [2.75, 3.05) is 20.2 Å². The van der Waals surface area contributed by atoms with E-state index in [1.807, 2.05) is 68.6 Å². The molecule has 1 aromatic heterocycles. The first-order valence-electron chi connectivity index (χ1n) is 9.93. The fraction of sp³-hybridized carbons (Fsp3) is 0.348. The maximum atomic E-state index is 12.3. The first kappa shape index (κ1) is 20.6. The van der Waals surface area contributed by atoms with Crippen molar-refractivity contribution >= 4 is 5.91 Å². The van der Waals surface area contributed by atoms with Gasteiger partial charge in [0.2, 0.25) is 17.7 Å². The molecule has 0 aliphatic carbocycles. The van der Waals surface area contributed by atoms with Gasteiger partial charge in [-0.1, -0.05) is 36.4 Å². The molecule has 0 N–H and O–H groups in total. The summed E-state index contributed by atoms with van der Waals surface area (Å²) in [5.74, 6) is 2.09. The number of para-hydroxylation sites is 1. The predicted molar refractivity (Wildman–Crippen MR) is 112 cm³/mol. The smallest absolute Gasteiger partial charge is 0.247 e. The van der Waals surface area contributed by atoms with Crippen LogP contribution in [0.15, 0.2) is 59.0 Å². The Balaban J connectivity index is 1.34. The molecule has 2 aromatic carbocycles. The number of ether oxygens (including phenoxy) is 1. The van der Waals surface area contributed by atoms with E-state index in [4.69, 9.17) is 9.15 Å². The average Bonchev–Trinajstić information content (AvgIpc) is 3.22. The molecule has 0 aliphatic rings. The monoisotopic (exact) mass is 393 g/mol. The van der Waals surface area contributed by atoms with Crippen LogP contribution in [0.5, 0.6) is 5.75 Å². The zero-order valence-electron chi connectivity index (χ0n) is 17.0. The second kappa shape index (κ2) is 10.4. The van der Waals surface area contributed by atoms with Crippen molar-refractivity contribution in [3.05, 3.63) is 66.1 Å². The van der Waals surface area contributed by atoms with Gasteiger partial charge in [-0.15, -0.1) is 10.2 Å². The molecule has 0 atom stereocenters. The van der Waals surface area contributed by atoms with Crippen LogP contribution in [0.3, 0.4) is 0 Å². The summed E-state index contributed by atoms with van der Waals surface area (Å²) in [5, 5.41) is 8.15. The highest BCUT2D eigenvalue weighted by atomic mass is 16.5. The minimum absolute atomic E-state index is 0.115. The molecular formula is C23H27N3O3. The van der Waals surface area contributed by atoms with Crippen LogP contribution in [0.4, 0.5) is 0 Å². The van der Waals surface area contributed by atoms with Crippen molar-refractivity contribution in [3.63, 3.8) is 0 Å². The summed E-state index contributed by atoms with van der Waals surface area (Å²) in [4.78, 5) is 14.1. The van der Waals surface area contributed by atoms with Gasteiger partial charge in [-0.25, -0.2) is 0 Å². The minimum atomic E-state index is 0.115. The van der Waals surface area contributed by atoms with E-state index in [0.717, 1.165) is 23.3 Å². The fourth-order valence-corrected chi connectivity index (χ4v) is 2.96. The lowest BCUT2D eigenvalue weighted by molar-refractivity contribution is -0.130. The summed E-state index contributed by atoms with van der Waals surface area (Å²) in [6.07, 6.45) is 2.52. The van der Waals surface area contributed by atoms with Crippen molar-refractivity contribution in [1.29, 1.82) is 0 Å². The summed E-state index contributed by atoms with van der Waals surface area (Å²) < 4.78 is 11.5. The van der Waals surface area contributed by atoms with E-state index in [2.05, 4.69) is 10.2 Å². The number of rotatable bonds is 10. The maximum absolute atomic E-state index is 12.3. The SMILES string of the molecule is Cc1ccccc1OCCCN(C)C(=O)CCCc1nnc(-c2ccccc2)o1. The van der Waals surface area contributed by atoms with Crippen molar-refractivity contribution in [3.8, 4) is 17.2 Å². The first-order chi connectivity index (χ1) is 14.1. The maximum Gasteiger partial charge on any atom is 0.247 e. The molecule has 0 spiro atoms. The van der Waals surface area contributed by atoms with E-state index in [-0.39, 0.29) is 5.91 Å². The molecule has 6 heteroatoms. The highest BCUT2D eigenvalue weighted by Crippen LogP contribution is 2.18. The quantitative estimate of drug-likeness (QED) is 0.481. The molecule has 1 heterocycles. The van der Waals surface area contributed by atoms with Crippen LogP contribution < -0.4 is 4.74 Å². The molecule has 0 unspecified atom stereocenters. The Hall–Kier alpha value is -3.15. The molecule has 0 saturated carbocycles. The van der Waals surface area contributed by atoms with Crippen LogP contribution in [0.1, 0.15) is 30.7 Å². The third-order valence-corrected chi connectivity index (χ3v) is 4.68. The van der Waals surface area contributed by atoms with Crippen molar-refractivity contribution < 1.29 is 13.9 Å². The summed E-state index contributed by atoms with van der Waals surface area (Å²) in [7, 11) is 1.83. The molecule has 0 radical (unpaired) electrons. The molecular weight excluding hydrogens is 366 g/mol. The number of carbonyl (C=O) groups excluding carboxylic acids is 1. The fourth-order valence-electron chi connectivity index (χ4n) is 2.96. The van der Waals surface area contributed by atoms with E-state index >= 15 is 0 Å². The summed E-state index contributed by atoms with van der Waals surface area (Å²) in [5.41, 5.74) is 2.02. The zero-order chi connectivity index (χ0) is 20.5. The molecule has 0 saturated heterocycles. The van der Waals surface area contributed by atoms with E-state index in [9.17, 15) is 4.79 Å². The van der Waals surface area contributed by atoms with Gasteiger partial charge in [0.15, 0.2) is 0 Å². The van der Waals surface area contributed by atoms with Crippen LogP contribution in [-0.2, 0) is 11.2 Å². The van der Waals surface area contributed by atoms with Gasteiger partial charge in [0.25, 0.3) is 0 Å². The molecule has 3 aromatic rings. The van der Waals surface area contributed by atoms with Crippen molar-refractivity contribution in [2.45, 2.75) is 32.6 Å². The number of amides is 1. The van der Waals surface area contributed by atoms with Crippen LogP contribution >= 0.6 is 0 Å². The number of hydrogen-bond donors (Lipinski definition) is 0. The molecule has 0 bridgehead atoms. The Bertz CT molecular complexity index is 908. The second-order valence-electron chi connectivity index (χ2n) is 7.00. The lowest BCUT2D eigenvalue weighted by atomic mass is 10.2. The molecule has 29 heavy (non-hydrogen) atoms. The Morgan fingerprint density at radius 3 is 2.59 bits per heavy atom. The number of hydrogen-bond acceptors (Lipinski definition) is 5. The van der Waals surface area contributed by atoms with E-state index in [1.54, 1.807) is 4.90 Å². The van der Waals surface area contributed by atoms with Gasteiger partial charge in [-0.05, 0) is 43.5 Å². The zero-order valence-corrected chi connectivity index (χ0v) is 17.0. The lowest BCUT2D eigenvalue weighted by Crippen LogP contribution is -2.28. The summed E-state index contributed by atoms with van der Waals surface area (Å²) >= 11 is 0. The minimum Gasteiger partial charge on any atom is -0.493 e. The van der Waals surface area contributed by atoms with Crippen molar-refractivity contribution in [1.82, 2.24) is 15.1 Å². The average molecular weight is 393 g/mol. The standard InChI is InChI=1S/C23H27N3O3/c1-18-10-6-7-13-20(18)28-17-9-16-26(2)22(27)15-8-14-21-24-25-23(29-21)19-11-4-3-5-12-19/h3-7,10-13H,8-9,14-17H2,1-2H3. The highest BCUT2D eigenvalue weighted by molar-refractivity contribution is 5.75.